The second kappa shape index (κ2) is 6.95. The third-order valence-electron chi connectivity index (χ3n) is 2.83. The van der Waals surface area contributed by atoms with Gasteiger partial charge in [-0.25, -0.2) is 9.59 Å². The van der Waals surface area contributed by atoms with Gasteiger partial charge in [-0.3, -0.25) is 0 Å². The minimum absolute atomic E-state index is 0.0177. The van der Waals surface area contributed by atoms with Crippen LogP contribution in [-0.4, -0.2) is 23.7 Å². The minimum Gasteiger partial charge on any atom is -0.482 e. The van der Waals surface area contributed by atoms with Crippen molar-refractivity contribution in [3.8, 4) is 11.5 Å². The standard InChI is InChI=1S/C16H13ClO5/c1-10-8-11(6-7-13(10)17)21-9-15(18)22-14-5-3-2-4-12(14)16(19)20/h2-8H,9H2,1H3,(H,19,20). The third-order valence-corrected chi connectivity index (χ3v) is 3.25. The number of halogens is 1. The fraction of sp³-hybridized carbons (Fsp3) is 0.125. The van der Waals surface area contributed by atoms with Gasteiger partial charge < -0.3 is 14.6 Å². The Labute approximate surface area is 132 Å². The number of rotatable bonds is 5. The number of hydrogen-bond donors (Lipinski definition) is 1. The highest BCUT2D eigenvalue weighted by atomic mass is 35.5. The Hall–Kier alpha value is -2.53. The average molecular weight is 321 g/mol. The summed E-state index contributed by atoms with van der Waals surface area (Å²) in [6.07, 6.45) is 0. The molecule has 22 heavy (non-hydrogen) atoms. The van der Waals surface area contributed by atoms with E-state index in [1.54, 1.807) is 30.3 Å². The smallest absolute Gasteiger partial charge is 0.349 e. The van der Waals surface area contributed by atoms with E-state index in [0.717, 1.165) is 5.56 Å². The highest BCUT2D eigenvalue weighted by Crippen LogP contribution is 2.21. The van der Waals surface area contributed by atoms with Crippen molar-refractivity contribution < 1.29 is 24.2 Å². The number of ether oxygens (including phenoxy) is 2. The van der Waals surface area contributed by atoms with E-state index in [-0.39, 0.29) is 17.9 Å². The lowest BCUT2D eigenvalue weighted by Gasteiger charge is -2.09. The number of esters is 1. The molecule has 0 aliphatic rings. The van der Waals surface area contributed by atoms with Crippen molar-refractivity contribution in [2.45, 2.75) is 6.92 Å². The van der Waals surface area contributed by atoms with Crippen LogP contribution in [0.2, 0.25) is 5.02 Å². The number of carbonyl (C=O) groups is 2. The number of hydrogen-bond acceptors (Lipinski definition) is 4. The van der Waals surface area contributed by atoms with Gasteiger partial charge in [0.05, 0.1) is 0 Å². The normalized spacial score (nSPS) is 10.1. The maximum atomic E-state index is 11.7. The fourth-order valence-corrected chi connectivity index (χ4v) is 1.85. The molecule has 2 aromatic rings. The zero-order valence-corrected chi connectivity index (χ0v) is 12.5. The lowest BCUT2D eigenvalue weighted by Crippen LogP contribution is -2.19. The summed E-state index contributed by atoms with van der Waals surface area (Å²) in [5.74, 6) is -1.40. The summed E-state index contributed by atoms with van der Waals surface area (Å²) < 4.78 is 10.3. The summed E-state index contributed by atoms with van der Waals surface area (Å²) in [6.45, 7) is 1.48. The maximum Gasteiger partial charge on any atom is 0.349 e. The Bertz CT molecular complexity index is 711. The number of aryl methyl sites for hydroxylation is 1. The van der Waals surface area contributed by atoms with Gasteiger partial charge in [0.25, 0.3) is 0 Å². The van der Waals surface area contributed by atoms with Crippen LogP contribution < -0.4 is 9.47 Å². The van der Waals surface area contributed by atoms with Gasteiger partial charge in [-0.05, 0) is 42.8 Å². The molecule has 0 atom stereocenters. The first-order valence-electron chi connectivity index (χ1n) is 6.39. The van der Waals surface area contributed by atoms with Crippen molar-refractivity contribution in [1.82, 2.24) is 0 Å². The molecule has 0 radical (unpaired) electrons. The molecule has 2 aromatic carbocycles. The lowest BCUT2D eigenvalue weighted by molar-refractivity contribution is -0.136. The number of aromatic carboxylic acids is 1. The monoisotopic (exact) mass is 320 g/mol. The van der Waals surface area contributed by atoms with Gasteiger partial charge in [0, 0.05) is 5.02 Å². The van der Waals surface area contributed by atoms with Crippen LogP contribution >= 0.6 is 11.6 Å². The van der Waals surface area contributed by atoms with Crippen LogP contribution in [0.4, 0.5) is 0 Å². The molecule has 0 unspecified atom stereocenters. The Morgan fingerprint density at radius 3 is 2.59 bits per heavy atom. The Morgan fingerprint density at radius 2 is 1.91 bits per heavy atom. The fourth-order valence-electron chi connectivity index (χ4n) is 1.73. The lowest BCUT2D eigenvalue weighted by atomic mass is 10.2. The molecule has 114 valence electrons. The SMILES string of the molecule is Cc1cc(OCC(=O)Oc2ccccc2C(=O)O)ccc1Cl. The predicted molar refractivity (Wildman–Crippen MR) is 80.7 cm³/mol. The van der Waals surface area contributed by atoms with Gasteiger partial charge in [0.2, 0.25) is 0 Å². The maximum absolute atomic E-state index is 11.7. The van der Waals surface area contributed by atoms with Crippen molar-refractivity contribution in [2.75, 3.05) is 6.61 Å². The van der Waals surface area contributed by atoms with E-state index in [9.17, 15) is 9.59 Å². The molecule has 0 aromatic heterocycles. The van der Waals surface area contributed by atoms with E-state index < -0.39 is 11.9 Å². The molecule has 0 saturated carbocycles. The molecule has 0 fully saturated rings. The van der Waals surface area contributed by atoms with Crippen LogP contribution in [-0.2, 0) is 4.79 Å². The Morgan fingerprint density at radius 1 is 1.18 bits per heavy atom. The van der Waals surface area contributed by atoms with Crippen molar-refractivity contribution in [2.24, 2.45) is 0 Å². The summed E-state index contributed by atoms with van der Waals surface area (Å²) in [5, 5.41) is 9.61. The Kier molecular flexibility index (Phi) is 5.01. The predicted octanol–water partition coefficient (Wildman–Crippen LogP) is 3.33. The quantitative estimate of drug-likeness (QED) is 0.675. The molecule has 6 heteroatoms. The molecule has 1 N–H and O–H groups in total. The molecule has 2 rings (SSSR count). The molecule has 0 amide bonds. The first-order chi connectivity index (χ1) is 10.5. The van der Waals surface area contributed by atoms with E-state index in [0.29, 0.717) is 10.8 Å². The van der Waals surface area contributed by atoms with Crippen LogP contribution in [0, 0.1) is 6.92 Å². The van der Waals surface area contributed by atoms with Gasteiger partial charge in [-0.15, -0.1) is 0 Å². The van der Waals surface area contributed by atoms with E-state index in [1.807, 2.05) is 6.92 Å². The third kappa shape index (κ3) is 3.99. The van der Waals surface area contributed by atoms with Gasteiger partial charge in [0.1, 0.15) is 17.1 Å². The second-order valence-electron chi connectivity index (χ2n) is 4.48. The van der Waals surface area contributed by atoms with E-state index in [2.05, 4.69) is 0 Å². The van der Waals surface area contributed by atoms with Crippen molar-refractivity contribution in [1.29, 1.82) is 0 Å². The molecule has 0 spiro atoms. The number of carboxylic acid groups (broad SMARTS) is 1. The average Bonchev–Trinajstić information content (AvgIpc) is 2.49. The summed E-state index contributed by atoms with van der Waals surface area (Å²) in [7, 11) is 0. The molecule has 0 heterocycles. The topological polar surface area (TPSA) is 72.8 Å². The van der Waals surface area contributed by atoms with Gasteiger partial charge in [0.15, 0.2) is 6.61 Å². The summed E-state index contributed by atoms with van der Waals surface area (Å²) in [5.41, 5.74) is 0.738. The van der Waals surface area contributed by atoms with Gasteiger partial charge in [-0.2, -0.15) is 0 Å². The number of benzene rings is 2. The first kappa shape index (κ1) is 15.9. The molecular formula is C16H13ClO5. The zero-order valence-electron chi connectivity index (χ0n) is 11.7. The van der Waals surface area contributed by atoms with Gasteiger partial charge in [-0.1, -0.05) is 23.7 Å². The van der Waals surface area contributed by atoms with Gasteiger partial charge >= 0.3 is 11.9 Å². The Balaban J connectivity index is 1.99. The van der Waals surface area contributed by atoms with Crippen LogP contribution in [0.15, 0.2) is 42.5 Å². The number of carbonyl (C=O) groups excluding carboxylic acids is 1. The van der Waals surface area contributed by atoms with Crippen LogP contribution in [0.1, 0.15) is 15.9 Å². The van der Waals surface area contributed by atoms with Crippen molar-refractivity contribution >= 4 is 23.5 Å². The largest absolute Gasteiger partial charge is 0.482 e. The van der Waals surface area contributed by atoms with E-state index >= 15 is 0 Å². The molecule has 0 aliphatic carbocycles. The summed E-state index contributed by atoms with van der Waals surface area (Å²) >= 11 is 5.89. The molecule has 0 aliphatic heterocycles. The second-order valence-corrected chi connectivity index (χ2v) is 4.88. The number of para-hydroxylation sites is 1. The highest BCUT2D eigenvalue weighted by molar-refractivity contribution is 6.31. The minimum atomic E-state index is -1.17. The first-order valence-corrected chi connectivity index (χ1v) is 6.77. The van der Waals surface area contributed by atoms with Crippen LogP contribution in [0.5, 0.6) is 11.5 Å². The van der Waals surface area contributed by atoms with E-state index in [4.69, 9.17) is 26.2 Å². The molecule has 0 saturated heterocycles. The number of carboxylic acids is 1. The van der Waals surface area contributed by atoms with E-state index in [1.165, 1.54) is 12.1 Å². The van der Waals surface area contributed by atoms with Crippen molar-refractivity contribution in [3.63, 3.8) is 0 Å². The summed E-state index contributed by atoms with van der Waals surface area (Å²) in [6, 6.07) is 10.9. The summed E-state index contributed by atoms with van der Waals surface area (Å²) in [4.78, 5) is 22.8. The highest BCUT2D eigenvalue weighted by Gasteiger charge is 2.14. The van der Waals surface area contributed by atoms with Crippen molar-refractivity contribution in [3.05, 3.63) is 58.6 Å². The zero-order chi connectivity index (χ0) is 16.1. The molecular weight excluding hydrogens is 308 g/mol. The van der Waals surface area contributed by atoms with Crippen LogP contribution in [0.25, 0.3) is 0 Å². The molecule has 5 nitrogen and oxygen atoms in total. The molecule has 0 bridgehead atoms. The van der Waals surface area contributed by atoms with Crippen LogP contribution in [0.3, 0.4) is 0 Å².